The summed E-state index contributed by atoms with van der Waals surface area (Å²) >= 11 is 4.96. The highest BCUT2D eigenvalue weighted by molar-refractivity contribution is 9.10. The smallest absolute Gasteiger partial charge is 0.268 e. The maximum atomic E-state index is 11.9. The molecule has 0 bridgehead atoms. The molecule has 108 valence electrons. The Balaban J connectivity index is 1.77. The second kappa shape index (κ2) is 6.09. The van der Waals surface area contributed by atoms with Crippen molar-refractivity contribution in [1.82, 2.24) is 15.3 Å². The van der Waals surface area contributed by atoms with Gasteiger partial charge < -0.3 is 10.3 Å². The lowest BCUT2D eigenvalue weighted by atomic mass is 10.1. The molecule has 0 saturated heterocycles. The van der Waals surface area contributed by atoms with Gasteiger partial charge in [0.05, 0.1) is 12.1 Å². The zero-order valence-electron chi connectivity index (χ0n) is 11.4. The predicted octanol–water partition coefficient (Wildman–Crippen LogP) is 3.60. The van der Waals surface area contributed by atoms with E-state index in [0.29, 0.717) is 17.1 Å². The molecule has 2 aromatic heterocycles. The Labute approximate surface area is 134 Å². The Morgan fingerprint density at radius 1 is 1.38 bits per heavy atom. The lowest BCUT2D eigenvalue weighted by molar-refractivity contribution is 0.558. The van der Waals surface area contributed by atoms with Crippen molar-refractivity contribution in [2.24, 2.45) is 0 Å². The SMILES string of the molecule is C[C@H](NCc1nc2ccsc2c(=O)[nH]1)c1ccccc1Br. The van der Waals surface area contributed by atoms with Crippen LogP contribution in [0.25, 0.3) is 10.2 Å². The number of nitrogens with zero attached hydrogens (tertiary/aromatic N) is 1. The molecule has 3 rings (SSSR count). The van der Waals surface area contributed by atoms with E-state index in [1.54, 1.807) is 0 Å². The fraction of sp³-hybridized carbons (Fsp3) is 0.200. The van der Waals surface area contributed by atoms with Crippen molar-refractivity contribution < 1.29 is 0 Å². The largest absolute Gasteiger partial charge is 0.308 e. The summed E-state index contributed by atoms with van der Waals surface area (Å²) in [6.07, 6.45) is 0. The van der Waals surface area contributed by atoms with Gasteiger partial charge in [0.1, 0.15) is 10.5 Å². The number of fused-ring (bicyclic) bond motifs is 1. The summed E-state index contributed by atoms with van der Waals surface area (Å²) in [7, 11) is 0. The van der Waals surface area contributed by atoms with Crippen molar-refractivity contribution in [3.8, 4) is 0 Å². The Kier molecular flexibility index (Phi) is 4.19. The number of rotatable bonds is 4. The predicted molar refractivity (Wildman–Crippen MR) is 89.6 cm³/mol. The number of aromatic nitrogens is 2. The third-order valence-electron chi connectivity index (χ3n) is 3.31. The molecule has 3 aromatic rings. The van der Waals surface area contributed by atoms with Crippen LogP contribution >= 0.6 is 27.3 Å². The van der Waals surface area contributed by atoms with Gasteiger partial charge in [-0.1, -0.05) is 34.1 Å². The summed E-state index contributed by atoms with van der Waals surface area (Å²) in [4.78, 5) is 19.2. The number of H-pyrrole nitrogens is 1. The van der Waals surface area contributed by atoms with E-state index in [2.05, 4.69) is 44.2 Å². The molecule has 0 aliphatic carbocycles. The van der Waals surface area contributed by atoms with Gasteiger partial charge in [0.15, 0.2) is 0 Å². The minimum Gasteiger partial charge on any atom is -0.308 e. The molecule has 0 unspecified atom stereocenters. The highest BCUT2D eigenvalue weighted by Gasteiger charge is 2.10. The number of halogens is 1. The number of benzene rings is 1. The molecule has 2 N–H and O–H groups in total. The molecule has 21 heavy (non-hydrogen) atoms. The van der Waals surface area contributed by atoms with E-state index in [1.165, 1.54) is 16.9 Å². The fourth-order valence-electron chi connectivity index (χ4n) is 2.19. The van der Waals surface area contributed by atoms with Crippen LogP contribution in [0.5, 0.6) is 0 Å². The molecule has 0 radical (unpaired) electrons. The average molecular weight is 364 g/mol. The minimum atomic E-state index is -0.0691. The first-order valence-corrected chi connectivity index (χ1v) is 8.26. The summed E-state index contributed by atoms with van der Waals surface area (Å²) in [6, 6.07) is 10.1. The maximum Gasteiger partial charge on any atom is 0.268 e. The van der Waals surface area contributed by atoms with Gasteiger partial charge in [0, 0.05) is 10.5 Å². The second-order valence-electron chi connectivity index (χ2n) is 4.77. The summed E-state index contributed by atoms with van der Waals surface area (Å²) in [5.41, 5.74) is 1.87. The van der Waals surface area contributed by atoms with Gasteiger partial charge in [0.2, 0.25) is 0 Å². The van der Waals surface area contributed by atoms with E-state index in [0.717, 1.165) is 9.99 Å². The molecule has 0 spiro atoms. The minimum absolute atomic E-state index is 0.0691. The van der Waals surface area contributed by atoms with Gasteiger partial charge in [-0.15, -0.1) is 11.3 Å². The molecule has 0 aliphatic rings. The number of nitrogens with one attached hydrogen (secondary N) is 2. The summed E-state index contributed by atoms with van der Waals surface area (Å²) in [5, 5.41) is 5.26. The molecule has 6 heteroatoms. The Hall–Kier alpha value is -1.50. The topological polar surface area (TPSA) is 57.8 Å². The van der Waals surface area contributed by atoms with Crippen LogP contribution in [0.2, 0.25) is 0 Å². The van der Waals surface area contributed by atoms with Crippen molar-refractivity contribution in [2.75, 3.05) is 0 Å². The average Bonchev–Trinajstić information content (AvgIpc) is 2.94. The highest BCUT2D eigenvalue weighted by Crippen LogP contribution is 2.22. The number of thiophene rings is 1. The first-order valence-electron chi connectivity index (χ1n) is 6.59. The molecule has 1 atom stereocenters. The summed E-state index contributed by atoms with van der Waals surface area (Å²) < 4.78 is 1.75. The molecule has 2 heterocycles. The molecule has 4 nitrogen and oxygen atoms in total. The lowest BCUT2D eigenvalue weighted by Gasteiger charge is -2.15. The van der Waals surface area contributed by atoms with E-state index in [4.69, 9.17) is 0 Å². The molecular formula is C15H14BrN3OS. The monoisotopic (exact) mass is 363 g/mol. The molecule has 1 aromatic carbocycles. The van der Waals surface area contributed by atoms with Crippen molar-refractivity contribution >= 4 is 37.5 Å². The van der Waals surface area contributed by atoms with Crippen LogP contribution in [0.1, 0.15) is 24.4 Å². The van der Waals surface area contributed by atoms with Crippen LogP contribution in [-0.4, -0.2) is 9.97 Å². The Morgan fingerprint density at radius 2 is 2.19 bits per heavy atom. The van der Waals surface area contributed by atoms with Crippen molar-refractivity contribution in [3.05, 3.63) is 61.9 Å². The summed E-state index contributed by atoms with van der Waals surface area (Å²) in [6.45, 7) is 2.60. The second-order valence-corrected chi connectivity index (χ2v) is 6.54. The molecule has 0 fully saturated rings. The first-order chi connectivity index (χ1) is 10.1. The number of hydrogen-bond acceptors (Lipinski definition) is 4. The van der Waals surface area contributed by atoms with Crippen LogP contribution < -0.4 is 10.9 Å². The van der Waals surface area contributed by atoms with Crippen LogP contribution in [0.3, 0.4) is 0 Å². The van der Waals surface area contributed by atoms with Gasteiger partial charge in [-0.3, -0.25) is 4.79 Å². The highest BCUT2D eigenvalue weighted by atomic mass is 79.9. The fourth-order valence-corrected chi connectivity index (χ4v) is 3.55. The van der Waals surface area contributed by atoms with Gasteiger partial charge in [-0.25, -0.2) is 4.98 Å². The van der Waals surface area contributed by atoms with Crippen molar-refractivity contribution in [3.63, 3.8) is 0 Å². The van der Waals surface area contributed by atoms with Crippen molar-refractivity contribution in [2.45, 2.75) is 19.5 Å². The number of aromatic amines is 1. The first kappa shape index (κ1) is 14.4. The Bertz CT molecular complexity index is 827. The maximum absolute atomic E-state index is 11.9. The van der Waals surface area contributed by atoms with E-state index in [9.17, 15) is 4.79 Å². The zero-order chi connectivity index (χ0) is 14.8. The lowest BCUT2D eigenvalue weighted by Crippen LogP contribution is -2.22. The van der Waals surface area contributed by atoms with E-state index >= 15 is 0 Å². The van der Waals surface area contributed by atoms with E-state index < -0.39 is 0 Å². The van der Waals surface area contributed by atoms with Gasteiger partial charge >= 0.3 is 0 Å². The standard InChI is InChI=1S/C15H14BrN3OS/c1-9(10-4-2-3-5-11(10)16)17-8-13-18-12-6-7-21-14(12)15(20)19-13/h2-7,9,17H,8H2,1H3,(H,18,19,20)/t9-/m0/s1. The summed E-state index contributed by atoms with van der Waals surface area (Å²) in [5.74, 6) is 0.657. The molecule has 0 saturated carbocycles. The zero-order valence-corrected chi connectivity index (χ0v) is 13.8. The number of hydrogen-bond donors (Lipinski definition) is 2. The molecule has 0 amide bonds. The third-order valence-corrected chi connectivity index (χ3v) is 4.94. The van der Waals surface area contributed by atoms with Crippen molar-refractivity contribution in [1.29, 1.82) is 0 Å². The quantitative estimate of drug-likeness (QED) is 0.744. The van der Waals surface area contributed by atoms with Crippen LogP contribution in [0, 0.1) is 0 Å². The van der Waals surface area contributed by atoms with E-state index in [1.807, 2.05) is 29.6 Å². The Morgan fingerprint density at radius 3 is 3.00 bits per heavy atom. The van der Waals surface area contributed by atoms with Crippen LogP contribution in [0.4, 0.5) is 0 Å². The van der Waals surface area contributed by atoms with Crippen LogP contribution in [0.15, 0.2) is 45.0 Å². The van der Waals surface area contributed by atoms with Gasteiger partial charge in [0.25, 0.3) is 5.56 Å². The normalized spacial score (nSPS) is 12.7. The van der Waals surface area contributed by atoms with Gasteiger partial charge in [-0.2, -0.15) is 0 Å². The molecule has 0 aliphatic heterocycles. The van der Waals surface area contributed by atoms with E-state index in [-0.39, 0.29) is 11.6 Å². The van der Waals surface area contributed by atoms with Crippen LogP contribution in [-0.2, 0) is 6.54 Å². The third kappa shape index (κ3) is 3.07. The molecular weight excluding hydrogens is 350 g/mol. The van der Waals surface area contributed by atoms with Gasteiger partial charge in [-0.05, 0) is 30.0 Å².